The summed E-state index contributed by atoms with van der Waals surface area (Å²) in [5, 5.41) is 0.322. The molecule has 0 spiro atoms. The van der Waals surface area contributed by atoms with Crippen LogP contribution in [0, 0.1) is 11.8 Å². The highest BCUT2D eigenvalue weighted by molar-refractivity contribution is 6.31. The molecule has 126 valence electrons. The normalized spacial score (nSPS) is 17.3. The van der Waals surface area contributed by atoms with Crippen LogP contribution < -0.4 is 11.5 Å². The second-order valence-corrected chi connectivity index (χ2v) is 6.25. The number of halogens is 2. The van der Waals surface area contributed by atoms with Gasteiger partial charge in [0.2, 0.25) is 0 Å². The largest absolute Gasteiger partial charge is 0.326 e. The van der Waals surface area contributed by atoms with Crippen molar-refractivity contribution in [3.63, 3.8) is 0 Å². The summed E-state index contributed by atoms with van der Waals surface area (Å²) in [6, 6.07) is -0.0382. The van der Waals surface area contributed by atoms with Gasteiger partial charge in [-0.05, 0) is 44.4 Å². The predicted molar refractivity (Wildman–Crippen MR) is 95.1 cm³/mol. The first-order valence-electron chi connectivity index (χ1n) is 7.36. The van der Waals surface area contributed by atoms with Gasteiger partial charge >= 0.3 is 0 Å². The summed E-state index contributed by atoms with van der Waals surface area (Å²) < 4.78 is 12.7. The number of nitrogens with two attached hydrogens (primary N) is 2. The zero-order chi connectivity index (χ0) is 17.3. The Morgan fingerprint density at radius 3 is 2.45 bits per heavy atom. The minimum atomic E-state index is -0.564. The van der Waals surface area contributed by atoms with Crippen molar-refractivity contribution in [3.8, 4) is 0 Å². The predicted octanol–water partition coefficient (Wildman–Crippen LogP) is 3.54. The number of allylic oxidation sites excluding steroid dienone is 6. The van der Waals surface area contributed by atoms with Gasteiger partial charge in [-0.25, -0.2) is 4.39 Å². The van der Waals surface area contributed by atoms with E-state index in [1.54, 1.807) is 6.08 Å². The molecule has 0 aromatic carbocycles. The smallest absolute Gasteiger partial charge is 0.117 e. The lowest BCUT2D eigenvalue weighted by Crippen LogP contribution is -2.44. The quantitative estimate of drug-likeness (QED) is 0.366. The van der Waals surface area contributed by atoms with E-state index in [0.29, 0.717) is 18.2 Å². The topological polar surface area (TPSA) is 55.3 Å². The van der Waals surface area contributed by atoms with Crippen LogP contribution in [0.5, 0.6) is 0 Å². The molecule has 0 rings (SSSR count). The summed E-state index contributed by atoms with van der Waals surface area (Å²) in [4.78, 5) is 1.98. The second kappa shape index (κ2) is 10.7. The van der Waals surface area contributed by atoms with E-state index >= 15 is 0 Å². The van der Waals surface area contributed by atoms with Crippen LogP contribution in [0.4, 0.5) is 4.39 Å². The van der Waals surface area contributed by atoms with Gasteiger partial charge in [0.25, 0.3) is 0 Å². The van der Waals surface area contributed by atoms with E-state index in [-0.39, 0.29) is 17.9 Å². The van der Waals surface area contributed by atoms with Gasteiger partial charge in [0.1, 0.15) is 5.83 Å². The summed E-state index contributed by atoms with van der Waals surface area (Å²) in [6.45, 7) is 12.2. The molecule has 0 bridgehead atoms. The first-order chi connectivity index (χ1) is 10.2. The molecule has 0 amide bonds. The highest BCUT2D eigenvalue weighted by Crippen LogP contribution is 2.25. The van der Waals surface area contributed by atoms with Crippen molar-refractivity contribution in [2.75, 3.05) is 20.3 Å². The molecule has 0 aliphatic rings. The molecule has 4 N–H and O–H groups in total. The molecule has 22 heavy (non-hydrogen) atoms. The molecule has 3 atom stereocenters. The van der Waals surface area contributed by atoms with Crippen molar-refractivity contribution >= 4 is 11.6 Å². The van der Waals surface area contributed by atoms with Crippen LogP contribution in [0.3, 0.4) is 0 Å². The highest BCUT2D eigenvalue weighted by atomic mass is 35.5. The number of likely N-dealkylation sites (N-methyl/N-ethyl adjacent to an activating group) is 1. The SMILES string of the molecule is C=CC(C)C(C/C(C)=C/C(Cl)=C\C(=C)F)C(N)CN(C)CN. The van der Waals surface area contributed by atoms with Crippen LogP contribution >= 0.6 is 11.6 Å². The number of rotatable bonds is 10. The third-order valence-electron chi connectivity index (χ3n) is 3.67. The molecule has 0 aliphatic carbocycles. The molecule has 0 aromatic heterocycles. The van der Waals surface area contributed by atoms with Crippen molar-refractivity contribution in [2.45, 2.75) is 26.3 Å². The Labute approximate surface area is 139 Å². The van der Waals surface area contributed by atoms with Crippen LogP contribution in [-0.4, -0.2) is 31.2 Å². The summed E-state index contributed by atoms with van der Waals surface area (Å²) in [5.74, 6) is -0.101. The Morgan fingerprint density at radius 2 is 2.00 bits per heavy atom. The molecule has 5 heteroatoms. The van der Waals surface area contributed by atoms with Crippen LogP contribution in [-0.2, 0) is 0 Å². The van der Waals surface area contributed by atoms with Crippen molar-refractivity contribution in [2.24, 2.45) is 23.3 Å². The summed E-state index contributed by atoms with van der Waals surface area (Å²) in [7, 11) is 1.94. The minimum absolute atomic E-state index is 0.0382. The lowest BCUT2D eigenvalue weighted by molar-refractivity contribution is 0.248. The molecule has 0 saturated carbocycles. The van der Waals surface area contributed by atoms with E-state index < -0.39 is 5.83 Å². The second-order valence-electron chi connectivity index (χ2n) is 5.81. The molecule has 0 radical (unpaired) electrons. The minimum Gasteiger partial charge on any atom is -0.326 e. The maximum atomic E-state index is 12.7. The zero-order valence-corrected chi connectivity index (χ0v) is 14.6. The fourth-order valence-electron chi connectivity index (χ4n) is 2.33. The lowest BCUT2D eigenvalue weighted by Gasteiger charge is -2.31. The summed E-state index contributed by atoms with van der Waals surface area (Å²) in [5.41, 5.74) is 13.0. The molecule has 0 fully saturated rings. The van der Waals surface area contributed by atoms with Gasteiger partial charge in [-0.2, -0.15) is 0 Å². The fourth-order valence-corrected chi connectivity index (χ4v) is 2.63. The number of nitrogens with zero attached hydrogens (tertiary/aromatic N) is 1. The molecule has 0 aliphatic heterocycles. The van der Waals surface area contributed by atoms with Crippen molar-refractivity contribution < 1.29 is 4.39 Å². The molecule has 0 heterocycles. The van der Waals surface area contributed by atoms with E-state index in [0.717, 1.165) is 12.0 Å². The van der Waals surface area contributed by atoms with Gasteiger partial charge in [-0.1, -0.05) is 36.8 Å². The Hall–Kier alpha value is -0.940. The van der Waals surface area contributed by atoms with Gasteiger partial charge in [-0.15, -0.1) is 6.58 Å². The molecule has 0 aromatic rings. The molecule has 0 saturated heterocycles. The fraction of sp³-hybridized carbons (Fsp3) is 0.529. The van der Waals surface area contributed by atoms with Crippen LogP contribution in [0.15, 0.2) is 47.8 Å². The van der Waals surface area contributed by atoms with Gasteiger partial charge < -0.3 is 11.5 Å². The van der Waals surface area contributed by atoms with Gasteiger partial charge in [0.15, 0.2) is 0 Å². The maximum Gasteiger partial charge on any atom is 0.117 e. The Bertz CT molecular complexity index is 432. The highest BCUT2D eigenvalue weighted by Gasteiger charge is 2.23. The molecular formula is C17H29ClFN3. The first kappa shape index (κ1) is 21.1. The van der Waals surface area contributed by atoms with Gasteiger partial charge in [0, 0.05) is 24.3 Å². The van der Waals surface area contributed by atoms with E-state index in [2.05, 4.69) is 20.1 Å². The summed E-state index contributed by atoms with van der Waals surface area (Å²) >= 11 is 5.96. The van der Waals surface area contributed by atoms with Crippen molar-refractivity contribution in [1.82, 2.24) is 4.90 Å². The van der Waals surface area contributed by atoms with Crippen molar-refractivity contribution in [3.05, 3.63) is 47.8 Å². The average molecular weight is 330 g/mol. The Morgan fingerprint density at radius 1 is 1.41 bits per heavy atom. The Balaban J connectivity index is 5.03. The van der Waals surface area contributed by atoms with E-state index in [1.807, 2.05) is 24.9 Å². The third-order valence-corrected chi connectivity index (χ3v) is 3.89. The van der Waals surface area contributed by atoms with E-state index in [4.69, 9.17) is 23.1 Å². The van der Waals surface area contributed by atoms with Gasteiger partial charge in [-0.3, -0.25) is 4.90 Å². The number of hydrogen-bond acceptors (Lipinski definition) is 3. The molecule has 3 nitrogen and oxygen atoms in total. The van der Waals surface area contributed by atoms with Crippen LogP contribution in [0.2, 0.25) is 0 Å². The first-order valence-corrected chi connectivity index (χ1v) is 7.74. The lowest BCUT2D eigenvalue weighted by atomic mass is 9.82. The standard InChI is InChI=1S/C17H29ClFN3/c1-6-13(3)16(17(21)10-22(5)11-20)8-12(2)7-15(18)9-14(4)19/h6-7,9,13,16-17H,1,4,8,10-11,20-21H2,2-3,5H3/b12-7+,15-9+. The summed E-state index contributed by atoms with van der Waals surface area (Å²) in [6.07, 6.45) is 5.60. The average Bonchev–Trinajstić information content (AvgIpc) is 2.42. The monoisotopic (exact) mass is 329 g/mol. The van der Waals surface area contributed by atoms with E-state index in [9.17, 15) is 4.39 Å². The Kier molecular flexibility index (Phi) is 10.3. The van der Waals surface area contributed by atoms with Crippen LogP contribution in [0.25, 0.3) is 0 Å². The third kappa shape index (κ3) is 8.49. The van der Waals surface area contributed by atoms with E-state index in [1.165, 1.54) is 6.08 Å². The van der Waals surface area contributed by atoms with Gasteiger partial charge in [0.05, 0.1) is 0 Å². The van der Waals surface area contributed by atoms with Crippen molar-refractivity contribution in [1.29, 1.82) is 0 Å². The number of hydrogen-bond donors (Lipinski definition) is 2. The molecular weight excluding hydrogens is 301 g/mol. The zero-order valence-electron chi connectivity index (χ0n) is 13.9. The van der Waals surface area contributed by atoms with Crippen LogP contribution in [0.1, 0.15) is 20.3 Å². The molecule has 3 unspecified atom stereocenters. The maximum absolute atomic E-state index is 12.7.